The van der Waals surface area contributed by atoms with Crippen LogP contribution in [0.25, 0.3) is 0 Å². The van der Waals surface area contributed by atoms with Gasteiger partial charge in [0.15, 0.2) is 5.96 Å². The highest BCUT2D eigenvalue weighted by Crippen LogP contribution is 2.19. The monoisotopic (exact) mass is 513 g/mol. The van der Waals surface area contributed by atoms with Crippen LogP contribution in [-0.2, 0) is 6.42 Å². The molecule has 0 saturated heterocycles. The number of nitrogens with one attached hydrogen (secondary N) is 2. The van der Waals surface area contributed by atoms with Gasteiger partial charge in [-0.05, 0) is 31.5 Å². The van der Waals surface area contributed by atoms with Gasteiger partial charge in [0.1, 0.15) is 17.6 Å². The summed E-state index contributed by atoms with van der Waals surface area (Å²) in [7, 11) is 1.63. The van der Waals surface area contributed by atoms with Crippen molar-refractivity contribution >= 4 is 29.9 Å². The maximum Gasteiger partial charge on any atom is 0.191 e. The number of rotatable bonds is 10. The maximum absolute atomic E-state index is 10.2. The standard InChI is InChI=1S/C22H31N3O3.HI/c1-4-23-22(25-16-19(26)13-18-9-6-5-7-10-18)24-15-17(2)28-21-12-8-11-20(14-21)27-3;/h5-12,14,17,19,26H,4,13,15-16H2,1-3H3,(H2,23,24,25);1H. The van der Waals surface area contributed by atoms with E-state index in [4.69, 9.17) is 9.47 Å². The van der Waals surface area contributed by atoms with Crippen LogP contribution in [0, 0.1) is 0 Å². The smallest absolute Gasteiger partial charge is 0.191 e. The van der Waals surface area contributed by atoms with Crippen LogP contribution in [0.2, 0.25) is 0 Å². The van der Waals surface area contributed by atoms with E-state index in [0.29, 0.717) is 25.5 Å². The molecule has 0 aliphatic carbocycles. The molecule has 2 aromatic carbocycles. The van der Waals surface area contributed by atoms with Gasteiger partial charge in [-0.25, -0.2) is 0 Å². The topological polar surface area (TPSA) is 75.1 Å². The van der Waals surface area contributed by atoms with E-state index in [2.05, 4.69) is 15.6 Å². The molecular weight excluding hydrogens is 481 g/mol. The molecule has 160 valence electrons. The van der Waals surface area contributed by atoms with E-state index in [-0.39, 0.29) is 30.1 Å². The number of hydrogen-bond acceptors (Lipinski definition) is 4. The Kier molecular flexibility index (Phi) is 12.1. The van der Waals surface area contributed by atoms with Crippen LogP contribution in [0.3, 0.4) is 0 Å². The third-order valence-corrected chi connectivity index (χ3v) is 4.05. The number of ether oxygens (including phenoxy) is 2. The highest BCUT2D eigenvalue weighted by atomic mass is 127. The van der Waals surface area contributed by atoms with E-state index in [1.807, 2.05) is 68.4 Å². The molecule has 0 saturated carbocycles. The number of nitrogens with zero attached hydrogens (tertiary/aromatic N) is 1. The Morgan fingerprint density at radius 1 is 1.07 bits per heavy atom. The van der Waals surface area contributed by atoms with Crippen molar-refractivity contribution in [3.8, 4) is 11.5 Å². The van der Waals surface area contributed by atoms with Crippen LogP contribution in [0.1, 0.15) is 19.4 Å². The lowest BCUT2D eigenvalue weighted by atomic mass is 10.1. The second-order valence-corrected chi connectivity index (χ2v) is 6.55. The van der Waals surface area contributed by atoms with Crippen molar-refractivity contribution in [3.63, 3.8) is 0 Å². The Hall–Kier alpha value is -2.00. The second kappa shape index (κ2) is 14.1. The van der Waals surface area contributed by atoms with Crippen molar-refractivity contribution in [2.75, 3.05) is 26.7 Å². The van der Waals surface area contributed by atoms with E-state index in [9.17, 15) is 5.11 Å². The van der Waals surface area contributed by atoms with Crippen LogP contribution in [-0.4, -0.2) is 50.0 Å². The summed E-state index contributed by atoms with van der Waals surface area (Å²) in [6, 6.07) is 17.5. The van der Waals surface area contributed by atoms with Gasteiger partial charge in [-0.2, -0.15) is 0 Å². The summed E-state index contributed by atoms with van der Waals surface area (Å²) in [5.74, 6) is 2.18. The molecule has 0 aliphatic heterocycles. The van der Waals surface area contributed by atoms with Crippen molar-refractivity contribution in [1.29, 1.82) is 0 Å². The first-order valence-corrected chi connectivity index (χ1v) is 9.65. The summed E-state index contributed by atoms with van der Waals surface area (Å²) in [5, 5.41) is 16.7. The number of methoxy groups -OCH3 is 1. The van der Waals surface area contributed by atoms with Crippen molar-refractivity contribution in [3.05, 3.63) is 60.2 Å². The Morgan fingerprint density at radius 2 is 1.79 bits per heavy atom. The summed E-state index contributed by atoms with van der Waals surface area (Å²) in [4.78, 5) is 4.48. The molecule has 2 unspecified atom stereocenters. The number of aliphatic imine (C=N–C) groups is 1. The molecule has 0 aromatic heterocycles. The van der Waals surface area contributed by atoms with Gasteiger partial charge in [-0.3, -0.25) is 4.99 Å². The molecule has 0 spiro atoms. The van der Waals surface area contributed by atoms with Gasteiger partial charge in [-0.1, -0.05) is 36.4 Å². The number of hydrogen-bond donors (Lipinski definition) is 3. The van der Waals surface area contributed by atoms with E-state index >= 15 is 0 Å². The van der Waals surface area contributed by atoms with Crippen LogP contribution in [0.15, 0.2) is 59.6 Å². The number of halogens is 1. The summed E-state index contributed by atoms with van der Waals surface area (Å²) < 4.78 is 11.1. The largest absolute Gasteiger partial charge is 0.497 e. The van der Waals surface area contributed by atoms with E-state index in [0.717, 1.165) is 23.6 Å². The molecule has 0 heterocycles. The first kappa shape index (κ1) is 25.0. The van der Waals surface area contributed by atoms with Crippen molar-refractivity contribution in [1.82, 2.24) is 10.6 Å². The Labute approximate surface area is 190 Å². The van der Waals surface area contributed by atoms with Crippen LogP contribution in [0.4, 0.5) is 0 Å². The lowest BCUT2D eigenvalue weighted by Crippen LogP contribution is -2.42. The second-order valence-electron chi connectivity index (χ2n) is 6.55. The number of aliphatic hydroxyl groups excluding tert-OH is 1. The zero-order chi connectivity index (χ0) is 20.2. The average molecular weight is 513 g/mol. The third kappa shape index (κ3) is 9.85. The van der Waals surface area contributed by atoms with Crippen molar-refractivity contribution in [2.24, 2.45) is 4.99 Å². The van der Waals surface area contributed by atoms with Gasteiger partial charge in [-0.15, -0.1) is 24.0 Å². The first-order chi connectivity index (χ1) is 13.6. The minimum atomic E-state index is -0.525. The zero-order valence-corrected chi connectivity index (χ0v) is 19.6. The minimum absolute atomic E-state index is 0. The van der Waals surface area contributed by atoms with Crippen molar-refractivity contribution in [2.45, 2.75) is 32.5 Å². The zero-order valence-electron chi connectivity index (χ0n) is 17.3. The normalized spacial score (nSPS) is 13.0. The number of benzene rings is 2. The molecular formula is C22H32IN3O3. The van der Waals surface area contributed by atoms with E-state index < -0.39 is 6.10 Å². The maximum atomic E-state index is 10.2. The predicted molar refractivity (Wildman–Crippen MR) is 129 cm³/mol. The molecule has 0 aliphatic rings. The van der Waals surface area contributed by atoms with Gasteiger partial charge in [0, 0.05) is 19.0 Å². The number of aliphatic hydroxyl groups is 1. The molecule has 29 heavy (non-hydrogen) atoms. The molecule has 2 rings (SSSR count). The molecule has 2 atom stereocenters. The molecule has 2 aromatic rings. The van der Waals surface area contributed by atoms with Gasteiger partial charge in [0.05, 0.1) is 26.3 Å². The van der Waals surface area contributed by atoms with E-state index in [1.54, 1.807) is 7.11 Å². The summed E-state index contributed by atoms with van der Waals surface area (Å²) >= 11 is 0. The fraction of sp³-hybridized carbons (Fsp3) is 0.409. The van der Waals surface area contributed by atoms with E-state index in [1.165, 1.54) is 0 Å². The molecule has 0 bridgehead atoms. The van der Waals surface area contributed by atoms with Crippen LogP contribution < -0.4 is 20.1 Å². The molecule has 0 amide bonds. The van der Waals surface area contributed by atoms with Crippen molar-refractivity contribution < 1.29 is 14.6 Å². The SMILES string of the molecule is CCNC(=NCC(O)Cc1ccccc1)NCC(C)Oc1cccc(OC)c1.I. The molecule has 0 fully saturated rings. The summed E-state index contributed by atoms with van der Waals surface area (Å²) in [5.41, 5.74) is 1.10. The molecule has 3 N–H and O–H groups in total. The summed E-state index contributed by atoms with van der Waals surface area (Å²) in [6.45, 7) is 5.65. The average Bonchev–Trinajstić information content (AvgIpc) is 2.71. The summed E-state index contributed by atoms with van der Waals surface area (Å²) in [6.07, 6.45) is -0.00690. The fourth-order valence-corrected chi connectivity index (χ4v) is 2.68. The van der Waals surface area contributed by atoms with Gasteiger partial charge in [0.25, 0.3) is 0 Å². The van der Waals surface area contributed by atoms with Crippen LogP contribution in [0.5, 0.6) is 11.5 Å². The highest BCUT2D eigenvalue weighted by molar-refractivity contribution is 14.0. The Balaban J connectivity index is 0.00000420. The fourth-order valence-electron chi connectivity index (χ4n) is 2.68. The Bertz CT molecular complexity index is 728. The van der Waals surface area contributed by atoms with Gasteiger partial charge < -0.3 is 25.2 Å². The Morgan fingerprint density at radius 3 is 2.48 bits per heavy atom. The molecule has 0 radical (unpaired) electrons. The molecule has 7 heteroatoms. The molecule has 6 nitrogen and oxygen atoms in total. The lowest BCUT2D eigenvalue weighted by molar-refractivity contribution is 0.183. The number of guanidine groups is 1. The van der Waals surface area contributed by atoms with Gasteiger partial charge >= 0.3 is 0 Å². The highest BCUT2D eigenvalue weighted by Gasteiger charge is 2.08. The quantitative estimate of drug-likeness (QED) is 0.259. The lowest BCUT2D eigenvalue weighted by Gasteiger charge is -2.18. The predicted octanol–water partition coefficient (Wildman–Crippen LogP) is 3.24. The minimum Gasteiger partial charge on any atom is -0.497 e. The van der Waals surface area contributed by atoms with Crippen LogP contribution >= 0.6 is 24.0 Å². The third-order valence-electron chi connectivity index (χ3n) is 4.05. The first-order valence-electron chi connectivity index (χ1n) is 9.65. The van der Waals surface area contributed by atoms with Gasteiger partial charge in [0.2, 0.25) is 0 Å².